The highest BCUT2D eigenvalue weighted by Crippen LogP contribution is 2.41. The quantitative estimate of drug-likeness (QED) is 0.553. The maximum atomic E-state index is 5.82. The Bertz CT molecular complexity index is 196. The third-order valence-corrected chi connectivity index (χ3v) is 4.47. The van der Waals surface area contributed by atoms with Gasteiger partial charge in [0.05, 0.1) is 11.6 Å². The fourth-order valence-electron chi connectivity index (χ4n) is 3.62. The van der Waals surface area contributed by atoms with Gasteiger partial charge >= 0.3 is 0 Å². The van der Waals surface area contributed by atoms with Crippen molar-refractivity contribution in [3.8, 4) is 0 Å². The van der Waals surface area contributed by atoms with Gasteiger partial charge < -0.3 is 4.74 Å². The summed E-state index contributed by atoms with van der Waals surface area (Å²) in [5.74, 6) is 6.49. The monoisotopic (exact) mass is 212 g/mol. The van der Waals surface area contributed by atoms with E-state index in [1.807, 2.05) is 7.11 Å². The van der Waals surface area contributed by atoms with Gasteiger partial charge in [-0.3, -0.25) is 11.3 Å². The number of hydrazine groups is 1. The van der Waals surface area contributed by atoms with Gasteiger partial charge in [0.1, 0.15) is 0 Å². The summed E-state index contributed by atoms with van der Waals surface area (Å²) in [6.45, 7) is 0. The number of methoxy groups -OCH3 is 1. The highest BCUT2D eigenvalue weighted by Gasteiger charge is 2.45. The average Bonchev–Trinajstić information content (AvgIpc) is 2.90. The van der Waals surface area contributed by atoms with Gasteiger partial charge in [0.25, 0.3) is 0 Å². The molecule has 0 heterocycles. The zero-order valence-electron chi connectivity index (χ0n) is 9.80. The van der Waals surface area contributed by atoms with Crippen molar-refractivity contribution >= 4 is 0 Å². The molecule has 0 bridgehead atoms. The fourth-order valence-corrected chi connectivity index (χ4v) is 3.62. The van der Waals surface area contributed by atoms with Gasteiger partial charge in [0, 0.05) is 7.11 Å². The second-order valence-electron chi connectivity index (χ2n) is 5.16. The molecule has 0 aliphatic heterocycles. The zero-order valence-corrected chi connectivity index (χ0v) is 9.80. The molecule has 2 aliphatic carbocycles. The summed E-state index contributed by atoms with van der Waals surface area (Å²) in [7, 11) is 1.85. The van der Waals surface area contributed by atoms with E-state index >= 15 is 0 Å². The number of ether oxygens (including phenoxy) is 1. The molecule has 0 saturated heterocycles. The van der Waals surface area contributed by atoms with E-state index in [0.29, 0.717) is 6.04 Å². The maximum absolute atomic E-state index is 5.82. The van der Waals surface area contributed by atoms with E-state index in [9.17, 15) is 0 Å². The Labute approximate surface area is 92.7 Å². The first-order valence-corrected chi connectivity index (χ1v) is 6.34. The second-order valence-corrected chi connectivity index (χ2v) is 5.16. The van der Waals surface area contributed by atoms with Crippen molar-refractivity contribution in [3.63, 3.8) is 0 Å². The predicted octanol–water partition coefficient (Wildman–Crippen LogP) is 1.97. The number of hydrogen-bond donors (Lipinski definition) is 2. The van der Waals surface area contributed by atoms with Gasteiger partial charge in [0.2, 0.25) is 0 Å². The van der Waals surface area contributed by atoms with Crippen LogP contribution in [0.4, 0.5) is 0 Å². The topological polar surface area (TPSA) is 47.3 Å². The van der Waals surface area contributed by atoms with E-state index in [-0.39, 0.29) is 5.60 Å². The standard InChI is InChI=1S/C12H24N2O/c1-15-12(8-4-5-9-12)11(14-13)10-6-2-3-7-10/h10-11,14H,2-9,13H2,1H3. The van der Waals surface area contributed by atoms with Crippen LogP contribution in [0.3, 0.4) is 0 Å². The van der Waals surface area contributed by atoms with Crippen LogP contribution < -0.4 is 11.3 Å². The number of rotatable bonds is 4. The molecule has 2 rings (SSSR count). The van der Waals surface area contributed by atoms with Crippen molar-refractivity contribution in [3.05, 3.63) is 0 Å². The van der Waals surface area contributed by atoms with Gasteiger partial charge in [0.15, 0.2) is 0 Å². The highest BCUT2D eigenvalue weighted by atomic mass is 16.5. The summed E-state index contributed by atoms with van der Waals surface area (Å²) in [6.07, 6.45) is 10.3. The Balaban J connectivity index is 2.08. The van der Waals surface area contributed by atoms with Gasteiger partial charge in [-0.2, -0.15) is 0 Å². The molecule has 15 heavy (non-hydrogen) atoms. The molecule has 1 atom stereocenters. The van der Waals surface area contributed by atoms with E-state index < -0.39 is 0 Å². The molecule has 0 aromatic heterocycles. The van der Waals surface area contributed by atoms with Crippen molar-refractivity contribution in [2.75, 3.05) is 7.11 Å². The molecule has 0 aromatic carbocycles. The summed E-state index contributed by atoms with van der Waals surface area (Å²) in [4.78, 5) is 0. The fraction of sp³-hybridized carbons (Fsp3) is 1.00. The Morgan fingerprint density at radius 1 is 1.20 bits per heavy atom. The molecule has 2 saturated carbocycles. The lowest BCUT2D eigenvalue weighted by Gasteiger charge is -2.39. The van der Waals surface area contributed by atoms with Gasteiger partial charge in [-0.1, -0.05) is 25.7 Å². The first-order valence-electron chi connectivity index (χ1n) is 6.34. The molecule has 3 nitrogen and oxygen atoms in total. The molecular formula is C12H24N2O. The van der Waals surface area contributed by atoms with E-state index in [0.717, 1.165) is 5.92 Å². The van der Waals surface area contributed by atoms with Crippen molar-refractivity contribution in [2.45, 2.75) is 63.0 Å². The summed E-state index contributed by atoms with van der Waals surface area (Å²) in [6, 6.07) is 0.368. The first kappa shape index (κ1) is 11.4. The van der Waals surface area contributed by atoms with E-state index in [1.54, 1.807) is 0 Å². The summed E-state index contributed by atoms with van der Waals surface area (Å²) in [5, 5.41) is 0. The molecule has 2 fully saturated rings. The third-order valence-electron chi connectivity index (χ3n) is 4.47. The SMILES string of the molecule is COC1(C(NN)C2CCCC2)CCCC1. The summed E-state index contributed by atoms with van der Waals surface area (Å²) in [5.41, 5.74) is 3.08. The smallest absolute Gasteiger partial charge is 0.0847 e. The second kappa shape index (κ2) is 4.81. The largest absolute Gasteiger partial charge is 0.377 e. The van der Waals surface area contributed by atoms with Crippen LogP contribution in [0.2, 0.25) is 0 Å². The lowest BCUT2D eigenvalue weighted by Crippen LogP contribution is -2.56. The number of nitrogens with one attached hydrogen (secondary N) is 1. The predicted molar refractivity (Wildman–Crippen MR) is 61.3 cm³/mol. The van der Waals surface area contributed by atoms with Crippen molar-refractivity contribution in [1.82, 2.24) is 5.43 Å². The van der Waals surface area contributed by atoms with Crippen LogP contribution in [-0.4, -0.2) is 18.8 Å². The minimum atomic E-state index is 0.0315. The minimum absolute atomic E-state index is 0.0315. The van der Waals surface area contributed by atoms with Crippen LogP contribution >= 0.6 is 0 Å². The Hall–Kier alpha value is -0.120. The molecule has 1 unspecified atom stereocenters. The zero-order chi connectivity index (χ0) is 10.7. The van der Waals surface area contributed by atoms with Gasteiger partial charge in [-0.15, -0.1) is 0 Å². The highest BCUT2D eigenvalue weighted by molar-refractivity contribution is 5.00. The van der Waals surface area contributed by atoms with Gasteiger partial charge in [-0.05, 0) is 31.6 Å². The van der Waals surface area contributed by atoms with Crippen LogP contribution in [0, 0.1) is 5.92 Å². The van der Waals surface area contributed by atoms with E-state index in [2.05, 4.69) is 5.43 Å². The Morgan fingerprint density at radius 3 is 2.27 bits per heavy atom. The lowest BCUT2D eigenvalue weighted by molar-refractivity contribution is -0.0513. The van der Waals surface area contributed by atoms with E-state index in [1.165, 1.54) is 51.4 Å². The number of hydrogen-bond acceptors (Lipinski definition) is 3. The molecule has 0 radical (unpaired) electrons. The third kappa shape index (κ3) is 2.05. The van der Waals surface area contributed by atoms with Crippen molar-refractivity contribution in [1.29, 1.82) is 0 Å². The maximum Gasteiger partial charge on any atom is 0.0847 e. The van der Waals surface area contributed by atoms with E-state index in [4.69, 9.17) is 10.6 Å². The average molecular weight is 212 g/mol. The molecule has 3 N–H and O–H groups in total. The van der Waals surface area contributed by atoms with Crippen molar-refractivity contribution in [2.24, 2.45) is 11.8 Å². The summed E-state index contributed by atoms with van der Waals surface area (Å²) < 4.78 is 5.82. The molecular weight excluding hydrogens is 188 g/mol. The first-order chi connectivity index (χ1) is 7.32. The van der Waals surface area contributed by atoms with Crippen LogP contribution in [0.15, 0.2) is 0 Å². The molecule has 88 valence electrons. The van der Waals surface area contributed by atoms with Crippen LogP contribution in [0.25, 0.3) is 0 Å². The Morgan fingerprint density at radius 2 is 1.80 bits per heavy atom. The molecule has 0 aromatic rings. The summed E-state index contributed by atoms with van der Waals surface area (Å²) >= 11 is 0. The van der Waals surface area contributed by atoms with Crippen LogP contribution in [0.1, 0.15) is 51.4 Å². The molecule has 0 amide bonds. The lowest BCUT2D eigenvalue weighted by atomic mass is 9.82. The molecule has 0 spiro atoms. The normalized spacial score (nSPS) is 28.4. The minimum Gasteiger partial charge on any atom is -0.377 e. The number of nitrogens with two attached hydrogens (primary N) is 1. The van der Waals surface area contributed by atoms with Crippen LogP contribution in [-0.2, 0) is 4.74 Å². The molecule has 2 aliphatic rings. The van der Waals surface area contributed by atoms with Crippen molar-refractivity contribution < 1.29 is 4.74 Å². The van der Waals surface area contributed by atoms with Gasteiger partial charge in [-0.25, -0.2) is 0 Å². The molecule has 3 heteroatoms. The Kier molecular flexibility index (Phi) is 3.65. The van der Waals surface area contributed by atoms with Crippen LogP contribution in [0.5, 0.6) is 0 Å².